The van der Waals surface area contributed by atoms with Crippen LogP contribution in [-0.4, -0.2) is 39.8 Å². The molecule has 26 heavy (non-hydrogen) atoms. The van der Waals surface area contributed by atoms with E-state index in [0.717, 1.165) is 5.56 Å². The van der Waals surface area contributed by atoms with Crippen LogP contribution >= 0.6 is 11.6 Å². The molecule has 0 amide bonds. The van der Waals surface area contributed by atoms with E-state index >= 15 is 0 Å². The molecule has 4 rings (SSSR count). The van der Waals surface area contributed by atoms with E-state index in [4.69, 9.17) is 16.1 Å². The van der Waals surface area contributed by atoms with Gasteiger partial charge < -0.3 is 4.52 Å². The Bertz CT molecular complexity index is 1030. The third-order valence-electron chi connectivity index (χ3n) is 4.60. The van der Waals surface area contributed by atoms with Gasteiger partial charge >= 0.3 is 0 Å². The van der Waals surface area contributed by atoms with Gasteiger partial charge in [0.05, 0.1) is 29.2 Å². The molecule has 1 atom stereocenters. The van der Waals surface area contributed by atoms with E-state index in [0.29, 0.717) is 35.2 Å². The fraction of sp³-hybridized carbons (Fsp3) is 0.353. The SMILES string of the molecule is CC1(n2nc(-c3ccc(Cl)cc3)nc2Cc2ccon2)CCS(=O)(=O)C1. The van der Waals surface area contributed by atoms with Crippen LogP contribution in [0.2, 0.25) is 5.02 Å². The zero-order valence-corrected chi connectivity index (χ0v) is 15.7. The number of halogens is 1. The van der Waals surface area contributed by atoms with Gasteiger partial charge in [-0.2, -0.15) is 5.10 Å². The molecule has 1 saturated heterocycles. The Kier molecular flexibility index (Phi) is 4.11. The number of nitrogens with zero attached hydrogens (tertiary/aromatic N) is 4. The molecular weight excluding hydrogens is 376 g/mol. The van der Waals surface area contributed by atoms with Gasteiger partial charge in [0.2, 0.25) is 0 Å². The molecule has 1 fully saturated rings. The normalized spacial score (nSPS) is 21.9. The number of aromatic nitrogens is 4. The van der Waals surface area contributed by atoms with E-state index in [2.05, 4.69) is 15.2 Å². The molecule has 0 spiro atoms. The number of hydrogen-bond donors (Lipinski definition) is 0. The summed E-state index contributed by atoms with van der Waals surface area (Å²) >= 11 is 5.96. The molecule has 136 valence electrons. The fourth-order valence-electron chi connectivity index (χ4n) is 3.26. The minimum Gasteiger partial charge on any atom is -0.364 e. The zero-order chi connectivity index (χ0) is 18.4. The van der Waals surface area contributed by atoms with Gasteiger partial charge in [-0.1, -0.05) is 16.8 Å². The molecule has 7 nitrogen and oxygen atoms in total. The predicted molar refractivity (Wildman–Crippen MR) is 96.7 cm³/mol. The first-order valence-electron chi connectivity index (χ1n) is 8.17. The van der Waals surface area contributed by atoms with Gasteiger partial charge in [0.25, 0.3) is 0 Å². The summed E-state index contributed by atoms with van der Waals surface area (Å²) in [6, 6.07) is 8.99. The smallest absolute Gasteiger partial charge is 0.181 e. The summed E-state index contributed by atoms with van der Waals surface area (Å²) in [5, 5.41) is 9.21. The third kappa shape index (κ3) is 3.26. The van der Waals surface area contributed by atoms with Crippen molar-refractivity contribution in [3.05, 3.63) is 53.1 Å². The molecule has 2 aromatic heterocycles. The van der Waals surface area contributed by atoms with Gasteiger partial charge in [-0.25, -0.2) is 18.1 Å². The van der Waals surface area contributed by atoms with Crippen molar-refractivity contribution < 1.29 is 12.9 Å². The molecule has 1 aromatic carbocycles. The van der Waals surface area contributed by atoms with Crippen LogP contribution in [-0.2, 0) is 21.8 Å². The standard InChI is InChI=1S/C17H17ClN4O3S/c1-17(7-9-26(23,24)11-17)22-15(10-14-6-8-25-21-14)19-16(20-22)12-2-4-13(18)5-3-12/h2-6,8H,7,9-11H2,1H3. The Balaban J connectivity index is 1.79. The Hall–Kier alpha value is -2.19. The molecule has 0 saturated carbocycles. The molecule has 0 bridgehead atoms. The second-order valence-electron chi connectivity index (χ2n) is 6.78. The van der Waals surface area contributed by atoms with Crippen molar-refractivity contribution in [3.8, 4) is 11.4 Å². The minimum absolute atomic E-state index is 0.0508. The summed E-state index contributed by atoms with van der Waals surface area (Å²) < 4.78 is 30.8. The van der Waals surface area contributed by atoms with Crippen LogP contribution in [0, 0.1) is 0 Å². The lowest BCUT2D eigenvalue weighted by atomic mass is 10.0. The molecule has 3 heterocycles. The van der Waals surface area contributed by atoms with Gasteiger partial charge in [-0.05, 0) is 37.6 Å². The lowest BCUT2D eigenvalue weighted by molar-refractivity contribution is 0.317. The molecule has 1 unspecified atom stereocenters. The molecular formula is C17H17ClN4O3S. The summed E-state index contributed by atoms with van der Waals surface area (Å²) in [5.41, 5.74) is 0.903. The summed E-state index contributed by atoms with van der Waals surface area (Å²) in [4.78, 5) is 4.65. The second kappa shape index (κ2) is 6.21. The lowest BCUT2D eigenvalue weighted by Gasteiger charge is -2.24. The van der Waals surface area contributed by atoms with Gasteiger partial charge in [0.1, 0.15) is 12.1 Å². The van der Waals surface area contributed by atoms with Crippen molar-refractivity contribution in [1.82, 2.24) is 19.9 Å². The zero-order valence-electron chi connectivity index (χ0n) is 14.1. The first-order chi connectivity index (χ1) is 12.3. The van der Waals surface area contributed by atoms with Gasteiger partial charge in [0.15, 0.2) is 15.7 Å². The van der Waals surface area contributed by atoms with E-state index < -0.39 is 15.4 Å². The predicted octanol–water partition coefficient (Wildman–Crippen LogP) is 2.71. The highest BCUT2D eigenvalue weighted by atomic mass is 35.5. The Morgan fingerprint density at radius 1 is 1.27 bits per heavy atom. The third-order valence-corrected chi connectivity index (χ3v) is 6.74. The van der Waals surface area contributed by atoms with Gasteiger partial charge in [-0.3, -0.25) is 0 Å². The maximum atomic E-state index is 12.1. The molecule has 0 N–H and O–H groups in total. The number of hydrogen-bond acceptors (Lipinski definition) is 6. The van der Waals surface area contributed by atoms with Gasteiger partial charge in [0, 0.05) is 16.7 Å². The van der Waals surface area contributed by atoms with Crippen molar-refractivity contribution in [2.45, 2.75) is 25.3 Å². The summed E-state index contributed by atoms with van der Waals surface area (Å²) in [7, 11) is -3.08. The molecule has 3 aromatic rings. The topological polar surface area (TPSA) is 90.9 Å². The highest BCUT2D eigenvalue weighted by Gasteiger charge is 2.42. The largest absolute Gasteiger partial charge is 0.364 e. The van der Waals surface area contributed by atoms with E-state index in [1.54, 1.807) is 22.9 Å². The number of sulfone groups is 1. The lowest BCUT2D eigenvalue weighted by Crippen LogP contribution is -2.34. The average Bonchev–Trinajstić information content (AvgIpc) is 3.29. The highest BCUT2D eigenvalue weighted by Crippen LogP contribution is 2.32. The summed E-state index contributed by atoms with van der Waals surface area (Å²) in [5.74, 6) is 1.40. The van der Waals surface area contributed by atoms with Crippen molar-refractivity contribution in [2.24, 2.45) is 0 Å². The fourth-order valence-corrected chi connectivity index (χ4v) is 5.50. The van der Waals surface area contributed by atoms with Crippen LogP contribution in [0.5, 0.6) is 0 Å². The van der Waals surface area contributed by atoms with Crippen molar-refractivity contribution in [3.63, 3.8) is 0 Å². The second-order valence-corrected chi connectivity index (χ2v) is 9.40. The van der Waals surface area contributed by atoms with Crippen molar-refractivity contribution in [1.29, 1.82) is 0 Å². The summed E-state index contributed by atoms with van der Waals surface area (Å²) in [6.45, 7) is 1.91. The van der Waals surface area contributed by atoms with Crippen molar-refractivity contribution >= 4 is 21.4 Å². The highest BCUT2D eigenvalue weighted by molar-refractivity contribution is 7.91. The van der Waals surface area contributed by atoms with Gasteiger partial charge in [-0.15, -0.1) is 0 Å². The Morgan fingerprint density at radius 3 is 2.65 bits per heavy atom. The number of benzene rings is 1. The molecule has 1 aliphatic heterocycles. The molecule has 9 heteroatoms. The first-order valence-corrected chi connectivity index (χ1v) is 10.4. The monoisotopic (exact) mass is 392 g/mol. The van der Waals surface area contributed by atoms with E-state index in [1.807, 2.05) is 19.1 Å². The maximum Gasteiger partial charge on any atom is 0.181 e. The summed E-state index contributed by atoms with van der Waals surface area (Å²) in [6.07, 6.45) is 2.41. The average molecular weight is 393 g/mol. The van der Waals surface area contributed by atoms with E-state index in [-0.39, 0.29) is 11.5 Å². The number of rotatable bonds is 4. The van der Waals surface area contributed by atoms with Crippen LogP contribution < -0.4 is 0 Å². The van der Waals surface area contributed by atoms with Crippen molar-refractivity contribution in [2.75, 3.05) is 11.5 Å². The van der Waals surface area contributed by atoms with E-state index in [1.165, 1.54) is 6.26 Å². The first kappa shape index (κ1) is 17.2. The van der Waals surface area contributed by atoms with Crippen LogP contribution in [0.4, 0.5) is 0 Å². The maximum absolute atomic E-state index is 12.1. The Labute approximate surface area is 155 Å². The Morgan fingerprint density at radius 2 is 2.04 bits per heavy atom. The van der Waals surface area contributed by atoms with Crippen LogP contribution in [0.25, 0.3) is 11.4 Å². The van der Waals surface area contributed by atoms with E-state index in [9.17, 15) is 8.42 Å². The molecule has 0 aliphatic carbocycles. The molecule has 1 aliphatic rings. The van der Waals surface area contributed by atoms with Crippen LogP contribution in [0.3, 0.4) is 0 Å². The quantitative estimate of drug-likeness (QED) is 0.678. The minimum atomic E-state index is -3.08. The van der Waals surface area contributed by atoms with Crippen LogP contribution in [0.15, 0.2) is 41.1 Å². The molecule has 0 radical (unpaired) electrons. The van der Waals surface area contributed by atoms with Crippen LogP contribution in [0.1, 0.15) is 24.9 Å².